The Bertz CT molecular complexity index is 486. The van der Waals surface area contributed by atoms with Gasteiger partial charge in [-0.2, -0.15) is 0 Å². The van der Waals surface area contributed by atoms with Crippen molar-refractivity contribution in [2.75, 3.05) is 13.1 Å². The van der Waals surface area contributed by atoms with Crippen molar-refractivity contribution < 1.29 is 14.7 Å². The predicted octanol–water partition coefficient (Wildman–Crippen LogP) is 0.909. The number of nitrogens with one attached hydrogen (secondary N) is 1. The number of amides is 2. The zero-order valence-electron chi connectivity index (χ0n) is 11.6. The van der Waals surface area contributed by atoms with E-state index in [-0.39, 0.29) is 18.4 Å². The lowest BCUT2D eigenvalue weighted by Gasteiger charge is -2.28. The van der Waals surface area contributed by atoms with E-state index in [2.05, 4.69) is 10.3 Å². The molecule has 1 aliphatic heterocycles. The maximum atomic E-state index is 12.1. The summed E-state index contributed by atoms with van der Waals surface area (Å²) in [7, 11) is 0. The Balaban J connectivity index is 1.82. The van der Waals surface area contributed by atoms with Crippen LogP contribution in [0.3, 0.4) is 0 Å². The molecule has 0 fully saturated rings. The largest absolute Gasteiger partial charge is 0.481 e. The number of carboxylic acid groups (broad SMARTS) is 1. The predicted molar refractivity (Wildman–Crippen MR) is 72.1 cm³/mol. The molecule has 1 aromatic rings. The number of imidazole rings is 1. The normalized spacial score (nSPS) is 15.6. The Hall–Kier alpha value is -2.05. The summed E-state index contributed by atoms with van der Waals surface area (Å²) in [5.41, 5.74) is 0. The van der Waals surface area contributed by atoms with Crippen LogP contribution in [0.4, 0.5) is 4.79 Å². The number of rotatable bonds is 5. The molecule has 0 saturated heterocycles. The molecule has 0 radical (unpaired) electrons. The lowest BCUT2D eigenvalue weighted by atomic mass is 10.0. The van der Waals surface area contributed by atoms with Crippen LogP contribution >= 0.6 is 0 Å². The molecule has 110 valence electrons. The first kappa shape index (κ1) is 14.4. The Labute approximate surface area is 117 Å². The fourth-order valence-electron chi connectivity index (χ4n) is 2.30. The summed E-state index contributed by atoms with van der Waals surface area (Å²) < 4.78 is 2.03. The van der Waals surface area contributed by atoms with Crippen LogP contribution in [0, 0.1) is 5.92 Å². The molecule has 2 N–H and O–H groups in total. The van der Waals surface area contributed by atoms with E-state index in [9.17, 15) is 9.59 Å². The summed E-state index contributed by atoms with van der Waals surface area (Å²) >= 11 is 0. The number of hydrogen-bond donors (Lipinski definition) is 2. The second-order valence-corrected chi connectivity index (χ2v) is 5.02. The number of carboxylic acids is 1. The van der Waals surface area contributed by atoms with Gasteiger partial charge in [0.15, 0.2) is 0 Å². The molecule has 0 bridgehead atoms. The first-order chi connectivity index (χ1) is 9.60. The van der Waals surface area contributed by atoms with Gasteiger partial charge in [0.05, 0.1) is 6.54 Å². The van der Waals surface area contributed by atoms with Crippen LogP contribution in [0.25, 0.3) is 0 Å². The summed E-state index contributed by atoms with van der Waals surface area (Å²) in [5, 5.41) is 11.6. The summed E-state index contributed by atoms with van der Waals surface area (Å²) in [4.78, 5) is 28.7. The molecule has 0 saturated carbocycles. The zero-order chi connectivity index (χ0) is 14.5. The SMILES string of the molecule is CCC(CNC(=O)N1CCn2ccnc2C1)CC(=O)O. The average Bonchev–Trinajstić information content (AvgIpc) is 2.89. The number of hydrogen-bond acceptors (Lipinski definition) is 3. The summed E-state index contributed by atoms with van der Waals surface area (Å²) in [6.45, 7) is 4.21. The highest BCUT2D eigenvalue weighted by Gasteiger charge is 2.21. The molecule has 0 aromatic carbocycles. The van der Waals surface area contributed by atoms with Crippen LogP contribution in [0.5, 0.6) is 0 Å². The van der Waals surface area contributed by atoms with E-state index in [4.69, 9.17) is 5.11 Å². The first-order valence-corrected chi connectivity index (χ1v) is 6.84. The van der Waals surface area contributed by atoms with Gasteiger partial charge in [0.2, 0.25) is 0 Å². The van der Waals surface area contributed by atoms with E-state index in [1.165, 1.54) is 0 Å². The van der Waals surface area contributed by atoms with E-state index >= 15 is 0 Å². The highest BCUT2D eigenvalue weighted by Crippen LogP contribution is 2.11. The highest BCUT2D eigenvalue weighted by atomic mass is 16.4. The molecule has 7 nitrogen and oxygen atoms in total. The van der Waals surface area contributed by atoms with Gasteiger partial charge in [-0.25, -0.2) is 9.78 Å². The Morgan fingerprint density at radius 1 is 1.50 bits per heavy atom. The molecular weight excluding hydrogens is 260 g/mol. The quantitative estimate of drug-likeness (QED) is 0.839. The molecule has 2 rings (SSSR count). The lowest BCUT2D eigenvalue weighted by Crippen LogP contribution is -2.45. The Morgan fingerprint density at radius 2 is 2.30 bits per heavy atom. The van der Waals surface area contributed by atoms with Gasteiger partial charge in [0.1, 0.15) is 5.82 Å². The van der Waals surface area contributed by atoms with E-state index in [1.807, 2.05) is 17.7 Å². The van der Waals surface area contributed by atoms with E-state index < -0.39 is 5.97 Å². The lowest BCUT2D eigenvalue weighted by molar-refractivity contribution is -0.138. The van der Waals surface area contributed by atoms with Crippen molar-refractivity contribution in [1.82, 2.24) is 19.8 Å². The average molecular weight is 280 g/mol. The first-order valence-electron chi connectivity index (χ1n) is 6.84. The summed E-state index contributed by atoms with van der Waals surface area (Å²) in [6.07, 6.45) is 4.46. The van der Waals surface area contributed by atoms with Gasteiger partial charge >= 0.3 is 12.0 Å². The third kappa shape index (κ3) is 3.49. The van der Waals surface area contributed by atoms with Gasteiger partial charge in [0, 0.05) is 38.4 Å². The van der Waals surface area contributed by atoms with E-state index in [1.54, 1.807) is 11.1 Å². The van der Waals surface area contributed by atoms with Gasteiger partial charge in [-0.3, -0.25) is 4.79 Å². The maximum absolute atomic E-state index is 12.1. The maximum Gasteiger partial charge on any atom is 0.317 e. The zero-order valence-corrected chi connectivity index (χ0v) is 11.6. The molecule has 7 heteroatoms. The van der Waals surface area contributed by atoms with Crippen molar-refractivity contribution in [3.05, 3.63) is 18.2 Å². The van der Waals surface area contributed by atoms with Crippen molar-refractivity contribution in [2.45, 2.75) is 32.9 Å². The minimum absolute atomic E-state index is 0.0248. The second kappa shape index (κ2) is 6.40. The molecule has 1 unspecified atom stereocenters. The van der Waals surface area contributed by atoms with Crippen molar-refractivity contribution >= 4 is 12.0 Å². The topological polar surface area (TPSA) is 87.5 Å². The minimum atomic E-state index is -0.828. The van der Waals surface area contributed by atoms with Gasteiger partial charge in [-0.15, -0.1) is 0 Å². The third-order valence-electron chi connectivity index (χ3n) is 3.61. The molecule has 2 amide bonds. The second-order valence-electron chi connectivity index (χ2n) is 5.02. The standard InChI is InChI=1S/C13H20N4O3/c1-2-10(7-12(18)19)8-15-13(20)17-6-5-16-4-3-14-11(16)9-17/h3-4,10H,2,5-9H2,1H3,(H,15,20)(H,18,19). The minimum Gasteiger partial charge on any atom is -0.481 e. The molecule has 0 aliphatic carbocycles. The smallest absolute Gasteiger partial charge is 0.317 e. The van der Waals surface area contributed by atoms with Crippen LogP contribution in [-0.2, 0) is 17.9 Å². The van der Waals surface area contributed by atoms with Crippen molar-refractivity contribution in [3.63, 3.8) is 0 Å². The fourth-order valence-corrected chi connectivity index (χ4v) is 2.30. The Kier molecular flexibility index (Phi) is 4.60. The van der Waals surface area contributed by atoms with Gasteiger partial charge in [0.25, 0.3) is 0 Å². The highest BCUT2D eigenvalue weighted by molar-refractivity contribution is 5.74. The number of carbonyl (C=O) groups is 2. The summed E-state index contributed by atoms with van der Waals surface area (Å²) in [6, 6.07) is -0.150. The van der Waals surface area contributed by atoms with Crippen LogP contribution in [-0.4, -0.2) is 44.6 Å². The van der Waals surface area contributed by atoms with Crippen LogP contribution in [0.15, 0.2) is 12.4 Å². The van der Waals surface area contributed by atoms with E-state index in [0.717, 1.165) is 18.8 Å². The Morgan fingerprint density at radius 3 is 3.00 bits per heavy atom. The van der Waals surface area contributed by atoms with Crippen LogP contribution in [0.1, 0.15) is 25.6 Å². The monoisotopic (exact) mass is 280 g/mol. The van der Waals surface area contributed by atoms with Gasteiger partial charge in [-0.05, 0) is 5.92 Å². The van der Waals surface area contributed by atoms with Crippen molar-refractivity contribution in [3.8, 4) is 0 Å². The molecule has 1 aromatic heterocycles. The van der Waals surface area contributed by atoms with Crippen molar-refractivity contribution in [2.24, 2.45) is 5.92 Å². The molecule has 0 spiro atoms. The fraction of sp³-hybridized carbons (Fsp3) is 0.615. The van der Waals surface area contributed by atoms with Crippen LogP contribution < -0.4 is 5.32 Å². The molecule has 20 heavy (non-hydrogen) atoms. The molecular formula is C13H20N4O3. The number of urea groups is 1. The molecule has 2 heterocycles. The number of nitrogens with zero attached hydrogens (tertiary/aromatic N) is 3. The number of aliphatic carboxylic acids is 1. The summed E-state index contributed by atoms with van der Waals surface area (Å²) in [5.74, 6) is 0.0262. The van der Waals surface area contributed by atoms with Crippen LogP contribution in [0.2, 0.25) is 0 Å². The number of carbonyl (C=O) groups excluding carboxylic acids is 1. The third-order valence-corrected chi connectivity index (χ3v) is 3.61. The van der Waals surface area contributed by atoms with Gasteiger partial charge in [-0.1, -0.05) is 13.3 Å². The number of aromatic nitrogens is 2. The molecule has 1 aliphatic rings. The van der Waals surface area contributed by atoms with Crippen molar-refractivity contribution in [1.29, 1.82) is 0 Å². The number of fused-ring (bicyclic) bond motifs is 1. The van der Waals surface area contributed by atoms with E-state index in [0.29, 0.717) is 19.6 Å². The molecule has 1 atom stereocenters. The van der Waals surface area contributed by atoms with Gasteiger partial charge < -0.3 is 19.9 Å².